The van der Waals surface area contributed by atoms with Gasteiger partial charge in [0, 0.05) is 6.54 Å². The maximum Gasteiger partial charge on any atom is 0.211 e. The normalized spacial score (nSPS) is 17.7. The van der Waals surface area contributed by atoms with Crippen LogP contribution in [0.3, 0.4) is 0 Å². The first-order valence-corrected chi connectivity index (χ1v) is 7.41. The van der Waals surface area contributed by atoms with Crippen molar-refractivity contribution in [3.8, 4) is 0 Å². The summed E-state index contributed by atoms with van der Waals surface area (Å²) in [4.78, 5) is 0. The van der Waals surface area contributed by atoms with E-state index in [9.17, 15) is 8.42 Å². The van der Waals surface area contributed by atoms with Gasteiger partial charge in [-0.3, -0.25) is 0 Å². The number of nitrogens with one attached hydrogen (secondary N) is 2. The summed E-state index contributed by atoms with van der Waals surface area (Å²) < 4.78 is 25.6. The van der Waals surface area contributed by atoms with E-state index in [1.807, 2.05) is 7.05 Å². The third-order valence-corrected chi connectivity index (χ3v) is 4.41. The summed E-state index contributed by atoms with van der Waals surface area (Å²) in [6.45, 7) is 1.37. The fourth-order valence-electron chi connectivity index (χ4n) is 1.71. The highest BCUT2D eigenvalue weighted by Gasteiger charge is 2.17. The molecule has 0 aromatic heterocycles. The van der Waals surface area contributed by atoms with E-state index in [1.54, 1.807) is 0 Å². The molecule has 1 fully saturated rings. The summed E-state index contributed by atoms with van der Waals surface area (Å²) in [5.74, 6) is 1.00. The van der Waals surface area contributed by atoms with Crippen molar-refractivity contribution in [2.45, 2.75) is 32.1 Å². The minimum atomic E-state index is -3.02. The highest BCUT2D eigenvalue weighted by atomic mass is 32.2. The van der Waals surface area contributed by atoms with Crippen LogP contribution in [0.25, 0.3) is 0 Å². The first kappa shape index (κ1) is 12.9. The fourth-order valence-corrected chi connectivity index (χ4v) is 2.81. The summed E-state index contributed by atoms with van der Waals surface area (Å²) >= 11 is 0. The summed E-state index contributed by atoms with van der Waals surface area (Å²) in [7, 11) is -1.19. The molecule has 0 aromatic rings. The molecule has 1 aliphatic rings. The first-order valence-electron chi connectivity index (χ1n) is 5.76. The summed E-state index contributed by atoms with van der Waals surface area (Å²) in [6, 6.07) is 0. The predicted molar refractivity (Wildman–Crippen MR) is 62.3 cm³/mol. The molecule has 0 radical (unpaired) electrons. The molecule has 4 nitrogen and oxygen atoms in total. The van der Waals surface area contributed by atoms with Gasteiger partial charge in [-0.1, -0.05) is 19.3 Å². The number of hydrogen-bond donors (Lipinski definition) is 2. The van der Waals surface area contributed by atoms with Crippen LogP contribution < -0.4 is 10.0 Å². The zero-order chi connectivity index (χ0) is 11.1. The lowest BCUT2D eigenvalue weighted by atomic mass is 9.83. The Kier molecular flexibility index (Phi) is 5.56. The lowest BCUT2D eigenvalue weighted by Crippen LogP contribution is -2.30. The Morgan fingerprint density at radius 1 is 1.27 bits per heavy atom. The number of rotatable bonds is 8. The van der Waals surface area contributed by atoms with E-state index in [0.717, 1.165) is 18.9 Å². The Hall–Kier alpha value is -0.130. The van der Waals surface area contributed by atoms with Crippen LogP contribution in [0.15, 0.2) is 0 Å². The Bertz CT molecular complexity index is 261. The molecule has 0 heterocycles. The molecule has 0 aromatic carbocycles. The van der Waals surface area contributed by atoms with Crippen LogP contribution in [0, 0.1) is 5.92 Å². The third-order valence-electron chi connectivity index (χ3n) is 2.94. The van der Waals surface area contributed by atoms with Crippen molar-refractivity contribution >= 4 is 10.0 Å². The van der Waals surface area contributed by atoms with Crippen LogP contribution in [0.4, 0.5) is 0 Å². The molecule has 0 saturated heterocycles. The second kappa shape index (κ2) is 6.45. The molecule has 0 unspecified atom stereocenters. The Labute approximate surface area is 92.9 Å². The van der Waals surface area contributed by atoms with Crippen LogP contribution in [0.5, 0.6) is 0 Å². The molecule has 15 heavy (non-hydrogen) atoms. The second-order valence-electron chi connectivity index (χ2n) is 4.26. The Balaban J connectivity index is 2.06. The van der Waals surface area contributed by atoms with Gasteiger partial charge in [0.25, 0.3) is 0 Å². The van der Waals surface area contributed by atoms with Gasteiger partial charge in [-0.15, -0.1) is 0 Å². The molecular formula is C10H22N2O2S. The van der Waals surface area contributed by atoms with Crippen molar-refractivity contribution < 1.29 is 8.42 Å². The van der Waals surface area contributed by atoms with Gasteiger partial charge in [0.1, 0.15) is 0 Å². The molecule has 0 amide bonds. The summed E-state index contributed by atoms with van der Waals surface area (Å²) in [6.07, 6.45) is 5.56. The zero-order valence-electron chi connectivity index (χ0n) is 9.46. The Morgan fingerprint density at radius 3 is 2.53 bits per heavy atom. The molecule has 1 aliphatic carbocycles. The lowest BCUT2D eigenvalue weighted by molar-refractivity contribution is 0.297. The molecule has 0 atom stereocenters. The van der Waals surface area contributed by atoms with E-state index in [-0.39, 0.29) is 5.75 Å². The standard InChI is InChI=1S/C10H22N2O2S/c1-11-7-3-9-15(13,14)12-8-6-10-4-2-5-10/h10-12H,2-9H2,1H3. The fraction of sp³-hybridized carbons (Fsp3) is 1.00. The molecule has 90 valence electrons. The van der Waals surface area contributed by atoms with Gasteiger partial charge < -0.3 is 5.32 Å². The van der Waals surface area contributed by atoms with Gasteiger partial charge in [-0.2, -0.15) is 0 Å². The average molecular weight is 234 g/mol. The quantitative estimate of drug-likeness (QED) is 0.608. The van der Waals surface area contributed by atoms with E-state index in [0.29, 0.717) is 13.0 Å². The third kappa shape index (κ3) is 5.49. The summed E-state index contributed by atoms with van der Waals surface area (Å²) in [5, 5.41) is 2.94. The minimum absolute atomic E-state index is 0.235. The van der Waals surface area contributed by atoms with Crippen molar-refractivity contribution in [2.75, 3.05) is 25.9 Å². The highest BCUT2D eigenvalue weighted by molar-refractivity contribution is 7.89. The van der Waals surface area contributed by atoms with E-state index in [4.69, 9.17) is 0 Å². The second-order valence-corrected chi connectivity index (χ2v) is 6.18. The van der Waals surface area contributed by atoms with Crippen molar-refractivity contribution in [1.29, 1.82) is 0 Å². The van der Waals surface area contributed by atoms with Crippen molar-refractivity contribution in [2.24, 2.45) is 5.92 Å². The zero-order valence-corrected chi connectivity index (χ0v) is 10.3. The molecular weight excluding hydrogens is 212 g/mol. The van der Waals surface area contributed by atoms with E-state index in [2.05, 4.69) is 10.0 Å². The Morgan fingerprint density at radius 2 is 2.00 bits per heavy atom. The smallest absolute Gasteiger partial charge is 0.211 e. The van der Waals surface area contributed by atoms with Crippen LogP contribution in [0.2, 0.25) is 0 Å². The SMILES string of the molecule is CNCCCS(=O)(=O)NCCC1CCC1. The monoisotopic (exact) mass is 234 g/mol. The average Bonchev–Trinajstić information content (AvgIpc) is 2.10. The van der Waals surface area contributed by atoms with Crippen LogP contribution in [-0.2, 0) is 10.0 Å². The largest absolute Gasteiger partial charge is 0.320 e. The molecule has 2 N–H and O–H groups in total. The number of sulfonamides is 1. The first-order chi connectivity index (χ1) is 7.14. The van der Waals surface area contributed by atoms with Crippen molar-refractivity contribution in [3.05, 3.63) is 0 Å². The highest BCUT2D eigenvalue weighted by Crippen LogP contribution is 2.28. The predicted octanol–water partition coefficient (Wildman–Crippen LogP) is 0.706. The van der Waals surface area contributed by atoms with Crippen LogP contribution >= 0.6 is 0 Å². The molecule has 0 aliphatic heterocycles. The van der Waals surface area contributed by atoms with Gasteiger partial charge >= 0.3 is 0 Å². The van der Waals surface area contributed by atoms with Crippen LogP contribution in [-0.4, -0.2) is 34.3 Å². The molecule has 0 bridgehead atoms. The lowest BCUT2D eigenvalue weighted by Gasteiger charge is -2.25. The molecule has 0 spiro atoms. The molecule has 5 heteroatoms. The van der Waals surface area contributed by atoms with Gasteiger partial charge in [-0.05, 0) is 32.4 Å². The van der Waals surface area contributed by atoms with Gasteiger partial charge in [0.15, 0.2) is 0 Å². The molecule has 1 saturated carbocycles. The maximum absolute atomic E-state index is 11.5. The van der Waals surface area contributed by atoms with Crippen molar-refractivity contribution in [3.63, 3.8) is 0 Å². The summed E-state index contributed by atoms with van der Waals surface area (Å²) in [5.41, 5.74) is 0. The number of hydrogen-bond acceptors (Lipinski definition) is 3. The maximum atomic E-state index is 11.5. The van der Waals surface area contributed by atoms with Gasteiger partial charge in [0.2, 0.25) is 10.0 Å². The molecule has 1 rings (SSSR count). The topological polar surface area (TPSA) is 58.2 Å². The van der Waals surface area contributed by atoms with Crippen molar-refractivity contribution in [1.82, 2.24) is 10.0 Å². The van der Waals surface area contributed by atoms with Gasteiger partial charge in [-0.25, -0.2) is 13.1 Å². The van der Waals surface area contributed by atoms with E-state index in [1.165, 1.54) is 19.3 Å². The van der Waals surface area contributed by atoms with Crippen LogP contribution in [0.1, 0.15) is 32.1 Å². The minimum Gasteiger partial charge on any atom is -0.320 e. The van der Waals surface area contributed by atoms with E-state index < -0.39 is 10.0 Å². The van der Waals surface area contributed by atoms with Gasteiger partial charge in [0.05, 0.1) is 5.75 Å². The van der Waals surface area contributed by atoms with E-state index >= 15 is 0 Å².